The topological polar surface area (TPSA) is 114 Å². The molecule has 228 valence electrons. The van der Waals surface area contributed by atoms with Crippen molar-refractivity contribution in [2.24, 2.45) is 0 Å². The van der Waals surface area contributed by atoms with Crippen LogP contribution in [0.15, 0.2) is 72.8 Å². The zero-order chi connectivity index (χ0) is 29.2. The molecule has 0 bridgehead atoms. The predicted octanol–water partition coefficient (Wildman–Crippen LogP) is 3.95. The van der Waals surface area contributed by atoms with Crippen LogP contribution >= 0.6 is 0 Å². The van der Waals surface area contributed by atoms with Crippen molar-refractivity contribution in [3.05, 3.63) is 83.9 Å². The highest BCUT2D eigenvalue weighted by Gasteiger charge is 2.22. The first-order valence-electron chi connectivity index (χ1n) is 14.8. The molecular formula is C32H42N2O8. The summed E-state index contributed by atoms with van der Waals surface area (Å²) in [6.07, 6.45) is 7.98. The second-order valence-corrected chi connectivity index (χ2v) is 10.4. The molecule has 0 aliphatic carbocycles. The van der Waals surface area contributed by atoms with Gasteiger partial charge in [0.05, 0.1) is 25.3 Å². The molecule has 0 amide bonds. The molecule has 0 spiro atoms. The summed E-state index contributed by atoms with van der Waals surface area (Å²) in [5.41, 5.74) is 7.53. The van der Waals surface area contributed by atoms with Crippen LogP contribution in [0.25, 0.3) is 0 Å². The van der Waals surface area contributed by atoms with E-state index in [2.05, 4.69) is 11.0 Å². The summed E-state index contributed by atoms with van der Waals surface area (Å²) in [6.45, 7) is 1.87. The van der Waals surface area contributed by atoms with Crippen LogP contribution in [-0.2, 0) is 51.1 Å². The SMILES string of the molecule is O=C(/C=C\C(=O)ONCC(Cc1ccccc1)OC1CCCCO1)ONCC(Cc1ccccc1)OC1CCCCO1. The van der Waals surface area contributed by atoms with Crippen LogP contribution in [0.2, 0.25) is 0 Å². The lowest BCUT2D eigenvalue weighted by molar-refractivity contribution is -0.192. The lowest BCUT2D eigenvalue weighted by Gasteiger charge is -2.28. The molecule has 4 atom stereocenters. The smallest absolute Gasteiger partial charge is 0.349 e. The van der Waals surface area contributed by atoms with Crippen molar-refractivity contribution in [3.63, 3.8) is 0 Å². The van der Waals surface area contributed by atoms with Crippen LogP contribution in [0.1, 0.15) is 49.7 Å². The van der Waals surface area contributed by atoms with Crippen molar-refractivity contribution in [2.75, 3.05) is 26.3 Å². The molecule has 4 rings (SSSR count). The number of benzene rings is 2. The monoisotopic (exact) mass is 582 g/mol. The maximum Gasteiger partial charge on any atom is 0.349 e. The summed E-state index contributed by atoms with van der Waals surface area (Å²) in [6, 6.07) is 19.9. The molecule has 2 saturated heterocycles. The Balaban J connectivity index is 1.17. The summed E-state index contributed by atoms with van der Waals surface area (Å²) in [5, 5.41) is 0. The predicted molar refractivity (Wildman–Crippen MR) is 155 cm³/mol. The van der Waals surface area contributed by atoms with E-state index in [4.69, 9.17) is 28.6 Å². The van der Waals surface area contributed by atoms with E-state index in [0.29, 0.717) is 26.1 Å². The van der Waals surface area contributed by atoms with Crippen LogP contribution in [0.3, 0.4) is 0 Å². The minimum atomic E-state index is -0.737. The highest BCUT2D eigenvalue weighted by molar-refractivity contribution is 5.91. The quantitative estimate of drug-likeness (QED) is 0.223. The third kappa shape index (κ3) is 12.4. The molecule has 2 aliphatic heterocycles. The Morgan fingerprint density at radius 1 is 0.690 bits per heavy atom. The average Bonchev–Trinajstić information content (AvgIpc) is 3.02. The van der Waals surface area contributed by atoms with Crippen molar-refractivity contribution in [1.29, 1.82) is 0 Å². The first-order valence-corrected chi connectivity index (χ1v) is 14.8. The molecule has 42 heavy (non-hydrogen) atoms. The molecule has 2 N–H and O–H groups in total. The number of ether oxygens (including phenoxy) is 4. The molecule has 0 aromatic heterocycles. The Morgan fingerprint density at radius 3 is 1.50 bits per heavy atom. The highest BCUT2D eigenvalue weighted by Crippen LogP contribution is 2.18. The zero-order valence-corrected chi connectivity index (χ0v) is 24.0. The summed E-state index contributed by atoms with van der Waals surface area (Å²) in [5.74, 6) is -1.47. The Morgan fingerprint density at radius 2 is 1.12 bits per heavy atom. The standard InChI is InChI=1S/C32H42N2O8/c35-29(41-33-23-27(21-25-11-3-1-4-12-25)39-31-15-7-9-19-37-31)17-18-30(36)42-34-24-28(22-26-13-5-2-6-14-26)40-32-16-8-10-20-38-32/h1-6,11-14,17-18,27-28,31-34H,7-10,15-16,19-24H2/b18-17-. The molecule has 0 radical (unpaired) electrons. The van der Waals surface area contributed by atoms with E-state index < -0.39 is 11.9 Å². The van der Waals surface area contributed by atoms with E-state index >= 15 is 0 Å². The van der Waals surface area contributed by atoms with Gasteiger partial charge in [-0.25, -0.2) is 9.59 Å². The van der Waals surface area contributed by atoms with E-state index in [1.54, 1.807) is 0 Å². The fraction of sp³-hybridized carbons (Fsp3) is 0.500. The van der Waals surface area contributed by atoms with Gasteiger partial charge >= 0.3 is 11.9 Å². The fourth-order valence-electron chi connectivity index (χ4n) is 4.77. The normalized spacial score (nSPS) is 20.6. The molecule has 2 aromatic rings. The number of carbonyl (C=O) groups is 2. The van der Waals surface area contributed by atoms with E-state index in [1.165, 1.54) is 0 Å². The maximum atomic E-state index is 12.2. The third-order valence-electron chi connectivity index (χ3n) is 6.90. The van der Waals surface area contributed by atoms with E-state index in [9.17, 15) is 9.59 Å². The van der Waals surface area contributed by atoms with Crippen molar-refractivity contribution < 1.29 is 38.2 Å². The van der Waals surface area contributed by atoms with Gasteiger partial charge in [0.1, 0.15) is 0 Å². The Hall–Kier alpha value is -3.12. The van der Waals surface area contributed by atoms with Gasteiger partial charge in [0.2, 0.25) is 0 Å². The number of rotatable bonds is 16. The summed E-state index contributed by atoms with van der Waals surface area (Å²) in [4.78, 5) is 34.5. The Kier molecular flexibility index (Phi) is 14.0. The zero-order valence-electron chi connectivity index (χ0n) is 24.0. The second kappa shape index (κ2) is 18.4. The fourth-order valence-corrected chi connectivity index (χ4v) is 4.77. The Labute approximate surface area is 247 Å². The van der Waals surface area contributed by atoms with Crippen LogP contribution in [-0.4, -0.2) is 63.0 Å². The maximum absolute atomic E-state index is 12.2. The van der Waals surface area contributed by atoms with E-state index in [1.807, 2.05) is 60.7 Å². The van der Waals surface area contributed by atoms with Crippen molar-refractivity contribution in [3.8, 4) is 0 Å². The number of hydrogen-bond donors (Lipinski definition) is 2. The number of hydrogen-bond acceptors (Lipinski definition) is 10. The van der Waals surface area contributed by atoms with E-state index in [0.717, 1.165) is 61.8 Å². The molecule has 0 saturated carbocycles. The van der Waals surface area contributed by atoms with Crippen molar-refractivity contribution >= 4 is 11.9 Å². The minimum absolute atomic E-state index is 0.258. The van der Waals surface area contributed by atoms with Gasteiger partial charge in [-0.15, -0.1) is 0 Å². The van der Waals surface area contributed by atoms with Crippen LogP contribution in [0.5, 0.6) is 0 Å². The highest BCUT2D eigenvalue weighted by atomic mass is 16.7. The van der Waals surface area contributed by atoms with Crippen LogP contribution in [0, 0.1) is 0 Å². The first kappa shape index (κ1) is 31.8. The largest absolute Gasteiger partial charge is 0.367 e. The molecule has 10 heteroatoms. The van der Waals surface area contributed by atoms with Crippen LogP contribution in [0.4, 0.5) is 0 Å². The molecule has 2 aromatic carbocycles. The molecule has 2 aliphatic rings. The molecule has 2 fully saturated rings. The van der Waals surface area contributed by atoms with Gasteiger partial charge in [-0.05, 0) is 49.7 Å². The van der Waals surface area contributed by atoms with Gasteiger partial charge < -0.3 is 28.6 Å². The summed E-state index contributed by atoms with van der Waals surface area (Å²) < 4.78 is 23.7. The average molecular weight is 583 g/mol. The van der Waals surface area contributed by atoms with Crippen molar-refractivity contribution in [2.45, 2.75) is 76.2 Å². The number of nitrogens with one attached hydrogen (secondary N) is 2. The number of hydroxylamine groups is 2. The van der Waals surface area contributed by atoms with Crippen molar-refractivity contribution in [1.82, 2.24) is 11.0 Å². The van der Waals surface area contributed by atoms with Gasteiger partial charge in [0, 0.05) is 38.2 Å². The Bertz CT molecular complexity index is 987. The van der Waals surface area contributed by atoms with Gasteiger partial charge in [0.25, 0.3) is 0 Å². The lowest BCUT2D eigenvalue weighted by atomic mass is 10.1. The van der Waals surface area contributed by atoms with Gasteiger partial charge in [-0.2, -0.15) is 11.0 Å². The third-order valence-corrected chi connectivity index (χ3v) is 6.90. The second-order valence-electron chi connectivity index (χ2n) is 10.4. The number of carbonyl (C=O) groups excluding carboxylic acids is 2. The summed E-state index contributed by atoms with van der Waals surface area (Å²) >= 11 is 0. The summed E-state index contributed by atoms with van der Waals surface area (Å²) in [7, 11) is 0. The molecule has 4 unspecified atom stereocenters. The molecular weight excluding hydrogens is 540 g/mol. The van der Waals surface area contributed by atoms with Crippen LogP contribution < -0.4 is 11.0 Å². The minimum Gasteiger partial charge on any atom is -0.367 e. The van der Waals surface area contributed by atoms with Gasteiger partial charge in [-0.1, -0.05) is 60.7 Å². The van der Waals surface area contributed by atoms with Gasteiger partial charge in [-0.3, -0.25) is 0 Å². The lowest BCUT2D eigenvalue weighted by Crippen LogP contribution is -2.37. The first-order chi connectivity index (χ1) is 20.6. The molecule has 10 nitrogen and oxygen atoms in total. The van der Waals surface area contributed by atoms with Gasteiger partial charge in [0.15, 0.2) is 12.6 Å². The van der Waals surface area contributed by atoms with E-state index in [-0.39, 0.29) is 37.9 Å². The molecule has 2 heterocycles.